The Bertz CT molecular complexity index is 1410. The molecule has 208 valence electrons. The van der Waals surface area contributed by atoms with Crippen LogP contribution in [0, 0.1) is 6.92 Å². The minimum atomic E-state index is -0.908. The summed E-state index contributed by atoms with van der Waals surface area (Å²) in [7, 11) is 2.16. The Morgan fingerprint density at radius 2 is 1.79 bits per heavy atom. The summed E-state index contributed by atoms with van der Waals surface area (Å²) in [5.41, 5.74) is 4.22. The zero-order chi connectivity index (χ0) is 28.1. The molecule has 1 fully saturated rings. The first-order valence-electron chi connectivity index (χ1n) is 13.6. The number of hydrogen-bond donors (Lipinski definition) is 2. The number of piperazine rings is 1. The first kappa shape index (κ1) is 27.1. The van der Waals surface area contributed by atoms with Crippen LogP contribution in [0.4, 0.5) is 28.8 Å². The molecule has 39 heavy (non-hydrogen) atoms. The highest BCUT2D eigenvalue weighted by Crippen LogP contribution is 2.43. The monoisotopic (exact) mass is 532 g/mol. The van der Waals surface area contributed by atoms with Gasteiger partial charge in [0.15, 0.2) is 12.0 Å². The van der Waals surface area contributed by atoms with Gasteiger partial charge in [0.05, 0.1) is 11.3 Å². The van der Waals surface area contributed by atoms with Crippen molar-refractivity contribution in [2.45, 2.75) is 59.4 Å². The Labute approximate surface area is 230 Å². The zero-order valence-corrected chi connectivity index (χ0v) is 24.0. The van der Waals surface area contributed by atoms with E-state index >= 15 is 0 Å². The first-order valence-corrected chi connectivity index (χ1v) is 13.6. The molecule has 1 saturated heterocycles. The van der Waals surface area contributed by atoms with E-state index in [9.17, 15) is 9.90 Å². The summed E-state index contributed by atoms with van der Waals surface area (Å²) in [6.07, 6.45) is 2.60. The van der Waals surface area contributed by atoms with Crippen LogP contribution >= 0.6 is 0 Å². The molecule has 1 atom stereocenters. The topological polar surface area (TPSA) is 93.0 Å². The number of aromatic nitrogens is 3. The molecule has 2 aliphatic rings. The smallest absolute Gasteiger partial charge is 0.251 e. The largest absolute Gasteiger partial charge is 0.372 e. The van der Waals surface area contributed by atoms with Crippen LogP contribution in [0.5, 0.6) is 0 Å². The summed E-state index contributed by atoms with van der Waals surface area (Å²) in [6.45, 7) is 16.3. The number of benzene rings is 1. The first-order chi connectivity index (χ1) is 18.4. The molecule has 0 amide bonds. The van der Waals surface area contributed by atoms with Crippen LogP contribution in [0.3, 0.4) is 0 Å². The quantitative estimate of drug-likeness (QED) is 0.506. The summed E-state index contributed by atoms with van der Waals surface area (Å²) >= 11 is 0. The molecule has 5 rings (SSSR count). The number of aliphatic hydroxyl groups excluding tert-OH is 1. The summed E-state index contributed by atoms with van der Waals surface area (Å²) < 4.78 is 1.70. The van der Waals surface area contributed by atoms with Crippen LogP contribution in [-0.2, 0) is 5.54 Å². The number of anilines is 5. The molecule has 0 spiro atoms. The van der Waals surface area contributed by atoms with Crippen molar-refractivity contribution < 1.29 is 5.11 Å². The Hall–Kier alpha value is -3.47. The maximum Gasteiger partial charge on any atom is 0.251 e. The summed E-state index contributed by atoms with van der Waals surface area (Å²) in [5.74, 6) is 1.02. The number of hydrazine groups is 1. The number of fused-ring (bicyclic) bond motifs is 1. The van der Waals surface area contributed by atoms with Crippen molar-refractivity contribution in [3.05, 3.63) is 64.2 Å². The fourth-order valence-electron chi connectivity index (χ4n) is 5.31. The molecule has 1 aromatic carbocycles. The molecule has 10 heteroatoms. The average molecular weight is 533 g/mol. The highest BCUT2D eigenvalue weighted by atomic mass is 16.3. The van der Waals surface area contributed by atoms with Crippen molar-refractivity contribution in [2.75, 3.05) is 48.5 Å². The third-order valence-corrected chi connectivity index (χ3v) is 7.44. The number of hydrogen-bond acceptors (Lipinski definition) is 9. The van der Waals surface area contributed by atoms with Crippen molar-refractivity contribution in [3.63, 3.8) is 0 Å². The van der Waals surface area contributed by atoms with Gasteiger partial charge in [-0.3, -0.25) is 9.80 Å². The van der Waals surface area contributed by atoms with Crippen LogP contribution in [0.15, 0.2) is 47.5 Å². The molecular weight excluding hydrogens is 492 g/mol. The Balaban J connectivity index is 1.47. The van der Waals surface area contributed by atoms with Gasteiger partial charge in [-0.15, -0.1) is 0 Å². The maximum absolute atomic E-state index is 12.6. The van der Waals surface area contributed by atoms with Crippen molar-refractivity contribution >= 4 is 28.8 Å². The molecule has 0 radical (unpaired) electrons. The Kier molecular flexibility index (Phi) is 7.13. The average Bonchev–Trinajstić information content (AvgIpc) is 3.16. The van der Waals surface area contributed by atoms with Crippen LogP contribution in [-0.4, -0.2) is 68.8 Å². The molecule has 1 unspecified atom stereocenters. The molecular formula is C29H40N8O2. The number of nitrogens with zero attached hydrogens (tertiary/aromatic N) is 7. The molecule has 2 aromatic heterocycles. The van der Waals surface area contributed by atoms with E-state index in [2.05, 4.69) is 52.3 Å². The zero-order valence-electron chi connectivity index (χ0n) is 24.0. The van der Waals surface area contributed by atoms with Gasteiger partial charge in [0.1, 0.15) is 0 Å². The van der Waals surface area contributed by atoms with Gasteiger partial charge in [-0.05, 0) is 78.4 Å². The lowest BCUT2D eigenvalue weighted by Crippen LogP contribution is -2.44. The predicted octanol–water partition coefficient (Wildman–Crippen LogP) is 3.97. The lowest BCUT2D eigenvalue weighted by atomic mass is 10.1. The van der Waals surface area contributed by atoms with Crippen molar-refractivity contribution in [2.24, 2.45) is 0 Å². The fourth-order valence-corrected chi connectivity index (χ4v) is 5.31. The number of aryl methyl sites for hydroxylation is 1. The second kappa shape index (κ2) is 10.3. The second-order valence-corrected chi connectivity index (χ2v) is 11.8. The Morgan fingerprint density at radius 3 is 2.44 bits per heavy atom. The SMILES string of the molecule is Cc1cc(Nc2ncc3c(n2)N(c2ccc(=O)n(C(C)(C)C)c2)N(C(C)C)C3O)ccc1N1CCN(C)CC1. The van der Waals surface area contributed by atoms with Crippen molar-refractivity contribution in [1.82, 2.24) is 24.4 Å². The van der Waals surface area contributed by atoms with E-state index in [0.717, 1.165) is 37.6 Å². The number of rotatable bonds is 5. The standard InChI is InChI=1S/C29H40N8O2/c1-19(2)36-27(39)23-17-30-28(31-21-8-10-24(20(3)16-21)34-14-12-33(7)13-15-34)32-26(23)37(36)22-9-11-25(38)35(18-22)29(4,5)6/h8-11,16-19,27,39H,12-15H2,1-7H3,(H,30,31,32). The van der Waals surface area contributed by atoms with E-state index in [0.29, 0.717) is 17.3 Å². The number of nitrogens with one attached hydrogen (secondary N) is 1. The van der Waals surface area contributed by atoms with E-state index in [1.165, 1.54) is 11.3 Å². The van der Waals surface area contributed by atoms with E-state index in [-0.39, 0.29) is 11.6 Å². The summed E-state index contributed by atoms with van der Waals surface area (Å²) in [6, 6.07) is 9.64. The molecule has 0 aliphatic carbocycles. The van der Waals surface area contributed by atoms with Crippen molar-refractivity contribution in [3.8, 4) is 0 Å². The van der Waals surface area contributed by atoms with Crippen LogP contribution in [0.2, 0.25) is 0 Å². The highest BCUT2D eigenvalue weighted by Gasteiger charge is 2.40. The number of likely N-dealkylation sites (N-methyl/N-ethyl adjacent to an activating group) is 1. The molecule has 0 saturated carbocycles. The second-order valence-electron chi connectivity index (χ2n) is 11.8. The van der Waals surface area contributed by atoms with E-state index < -0.39 is 11.8 Å². The minimum Gasteiger partial charge on any atom is -0.372 e. The molecule has 2 aliphatic heterocycles. The van der Waals surface area contributed by atoms with Gasteiger partial charge in [-0.25, -0.2) is 4.98 Å². The van der Waals surface area contributed by atoms with Gasteiger partial charge < -0.3 is 24.8 Å². The van der Waals surface area contributed by atoms with Crippen LogP contribution in [0.1, 0.15) is 52.0 Å². The van der Waals surface area contributed by atoms with Gasteiger partial charge in [0, 0.05) is 67.6 Å². The van der Waals surface area contributed by atoms with Crippen LogP contribution in [0.25, 0.3) is 0 Å². The fraction of sp³-hybridized carbons (Fsp3) is 0.483. The lowest BCUT2D eigenvalue weighted by Gasteiger charge is -2.35. The molecule has 2 N–H and O–H groups in total. The molecule has 4 heterocycles. The summed E-state index contributed by atoms with van der Waals surface area (Å²) in [4.78, 5) is 26.8. The third kappa shape index (κ3) is 5.24. The summed E-state index contributed by atoms with van der Waals surface area (Å²) in [5, 5.41) is 18.3. The molecule has 0 bridgehead atoms. The minimum absolute atomic E-state index is 0.0367. The normalized spacial score (nSPS) is 18.6. The molecule has 10 nitrogen and oxygen atoms in total. The number of pyridine rings is 1. The van der Waals surface area contributed by atoms with E-state index in [4.69, 9.17) is 4.98 Å². The predicted molar refractivity (Wildman–Crippen MR) is 156 cm³/mol. The van der Waals surface area contributed by atoms with E-state index in [1.54, 1.807) is 22.9 Å². The number of aliphatic hydroxyl groups is 1. The van der Waals surface area contributed by atoms with E-state index in [1.807, 2.05) is 50.8 Å². The van der Waals surface area contributed by atoms with Gasteiger partial charge in [0.2, 0.25) is 5.95 Å². The maximum atomic E-state index is 12.6. The van der Waals surface area contributed by atoms with Crippen LogP contribution < -0.4 is 20.8 Å². The van der Waals surface area contributed by atoms with Crippen molar-refractivity contribution in [1.29, 1.82) is 0 Å². The Morgan fingerprint density at radius 1 is 1.08 bits per heavy atom. The lowest BCUT2D eigenvalue weighted by molar-refractivity contribution is -0.00425. The third-order valence-electron chi connectivity index (χ3n) is 7.44. The van der Waals surface area contributed by atoms with Gasteiger partial charge in [-0.1, -0.05) is 0 Å². The van der Waals surface area contributed by atoms with Gasteiger partial charge >= 0.3 is 0 Å². The van der Waals surface area contributed by atoms with Gasteiger partial charge in [0.25, 0.3) is 5.56 Å². The highest BCUT2D eigenvalue weighted by molar-refractivity contribution is 5.68. The molecule has 3 aromatic rings. The van der Waals surface area contributed by atoms with Gasteiger partial charge in [-0.2, -0.15) is 9.99 Å².